The van der Waals surface area contributed by atoms with Gasteiger partial charge in [0, 0.05) is 18.4 Å². The topological polar surface area (TPSA) is 48.1 Å². The number of aromatic nitrogens is 1. The van der Waals surface area contributed by atoms with Gasteiger partial charge in [0.05, 0.1) is 7.11 Å². The fourth-order valence-corrected chi connectivity index (χ4v) is 2.05. The van der Waals surface area contributed by atoms with E-state index in [1.807, 2.05) is 12.1 Å². The third kappa shape index (κ3) is 3.51. The number of hydrogen-bond acceptors (Lipinski definition) is 3. The Morgan fingerprint density at radius 1 is 1.26 bits per heavy atom. The zero-order chi connectivity index (χ0) is 13.7. The molecule has 0 saturated carbocycles. The first-order chi connectivity index (χ1) is 9.20. The lowest BCUT2D eigenvalue weighted by Crippen LogP contribution is -2.26. The van der Waals surface area contributed by atoms with Crippen LogP contribution >= 0.6 is 0 Å². The molecule has 19 heavy (non-hydrogen) atoms. The van der Waals surface area contributed by atoms with E-state index in [1.165, 1.54) is 7.11 Å². The van der Waals surface area contributed by atoms with Crippen molar-refractivity contribution in [3.8, 4) is 5.75 Å². The number of methoxy groups -OCH3 is 1. The van der Waals surface area contributed by atoms with Crippen LogP contribution in [0.25, 0.3) is 0 Å². The molecule has 0 aliphatic carbocycles. The average Bonchev–Trinajstić information content (AvgIpc) is 2.42. The molecule has 1 aromatic carbocycles. The molecule has 0 aliphatic heterocycles. The predicted molar refractivity (Wildman–Crippen MR) is 72.6 cm³/mol. The van der Waals surface area contributed by atoms with Gasteiger partial charge >= 0.3 is 0 Å². The van der Waals surface area contributed by atoms with Crippen molar-refractivity contribution in [1.29, 1.82) is 0 Å². The van der Waals surface area contributed by atoms with Gasteiger partial charge in [-0.05, 0) is 36.1 Å². The van der Waals surface area contributed by atoms with Gasteiger partial charge in [-0.2, -0.15) is 0 Å². The van der Waals surface area contributed by atoms with Gasteiger partial charge in [-0.1, -0.05) is 18.2 Å². The number of rotatable bonds is 5. The van der Waals surface area contributed by atoms with Gasteiger partial charge in [-0.25, -0.2) is 4.39 Å². The minimum atomic E-state index is -0.327. The quantitative estimate of drug-likeness (QED) is 0.897. The van der Waals surface area contributed by atoms with Crippen LogP contribution in [0, 0.1) is 5.82 Å². The summed E-state index contributed by atoms with van der Waals surface area (Å²) in [7, 11) is 1.46. The van der Waals surface area contributed by atoms with Crippen molar-refractivity contribution in [2.75, 3.05) is 7.11 Å². The van der Waals surface area contributed by atoms with Gasteiger partial charge in [-0.3, -0.25) is 4.98 Å². The summed E-state index contributed by atoms with van der Waals surface area (Å²) in [5.74, 6) is -0.0716. The molecule has 1 atom stereocenters. The fraction of sp³-hybridized carbons (Fsp3) is 0.267. The Morgan fingerprint density at radius 2 is 2.11 bits per heavy atom. The zero-order valence-electron chi connectivity index (χ0n) is 10.8. The monoisotopic (exact) mass is 260 g/mol. The molecule has 3 nitrogen and oxygen atoms in total. The van der Waals surface area contributed by atoms with E-state index >= 15 is 0 Å². The van der Waals surface area contributed by atoms with E-state index in [0.717, 1.165) is 5.56 Å². The van der Waals surface area contributed by atoms with E-state index in [-0.39, 0.29) is 17.6 Å². The Balaban J connectivity index is 2.05. The number of pyridine rings is 1. The third-order valence-corrected chi connectivity index (χ3v) is 2.97. The summed E-state index contributed by atoms with van der Waals surface area (Å²) in [6.45, 7) is 0. The molecule has 1 heterocycles. The SMILES string of the molecule is COc1cccc(CC(N)Cc2cccnc2)c1F. The van der Waals surface area contributed by atoms with Crippen molar-refractivity contribution in [2.24, 2.45) is 5.73 Å². The Hall–Kier alpha value is -1.94. The van der Waals surface area contributed by atoms with Crippen LogP contribution in [0.4, 0.5) is 4.39 Å². The van der Waals surface area contributed by atoms with Gasteiger partial charge in [0.15, 0.2) is 11.6 Å². The van der Waals surface area contributed by atoms with Crippen LogP contribution in [0.1, 0.15) is 11.1 Å². The highest BCUT2D eigenvalue weighted by molar-refractivity contribution is 5.31. The van der Waals surface area contributed by atoms with E-state index in [9.17, 15) is 4.39 Å². The zero-order valence-corrected chi connectivity index (χ0v) is 10.8. The molecule has 100 valence electrons. The second-order valence-electron chi connectivity index (χ2n) is 4.46. The van der Waals surface area contributed by atoms with Crippen LogP contribution in [-0.2, 0) is 12.8 Å². The number of nitrogens with two attached hydrogens (primary N) is 1. The fourth-order valence-electron chi connectivity index (χ4n) is 2.05. The maximum absolute atomic E-state index is 14.0. The van der Waals surface area contributed by atoms with E-state index in [2.05, 4.69) is 4.98 Å². The number of ether oxygens (including phenoxy) is 1. The van der Waals surface area contributed by atoms with Crippen LogP contribution in [0.5, 0.6) is 5.75 Å². The van der Waals surface area contributed by atoms with Gasteiger partial charge in [0.2, 0.25) is 0 Å². The van der Waals surface area contributed by atoms with Crippen molar-refractivity contribution in [3.63, 3.8) is 0 Å². The summed E-state index contributed by atoms with van der Waals surface area (Å²) in [4.78, 5) is 4.04. The molecule has 2 rings (SSSR count). The highest BCUT2D eigenvalue weighted by Crippen LogP contribution is 2.21. The molecule has 4 heteroatoms. The molecule has 0 radical (unpaired) electrons. The third-order valence-electron chi connectivity index (χ3n) is 2.97. The van der Waals surface area contributed by atoms with E-state index in [4.69, 9.17) is 10.5 Å². The molecule has 2 N–H and O–H groups in total. The molecule has 0 spiro atoms. The molecule has 1 unspecified atom stereocenters. The average molecular weight is 260 g/mol. The first-order valence-corrected chi connectivity index (χ1v) is 6.16. The standard InChI is InChI=1S/C15H17FN2O/c1-19-14-6-2-5-12(15(14)16)9-13(17)8-11-4-3-7-18-10-11/h2-7,10,13H,8-9,17H2,1H3. The van der Waals surface area contributed by atoms with Gasteiger partial charge < -0.3 is 10.5 Å². The van der Waals surface area contributed by atoms with E-state index < -0.39 is 0 Å². The smallest absolute Gasteiger partial charge is 0.168 e. The van der Waals surface area contributed by atoms with Crippen molar-refractivity contribution < 1.29 is 9.13 Å². The molecule has 2 aromatic rings. The predicted octanol–water partition coefficient (Wildman–Crippen LogP) is 2.34. The summed E-state index contributed by atoms with van der Waals surface area (Å²) in [6.07, 6.45) is 4.64. The first-order valence-electron chi connectivity index (χ1n) is 6.16. The van der Waals surface area contributed by atoms with Crippen LogP contribution in [0.15, 0.2) is 42.7 Å². The van der Waals surface area contributed by atoms with Gasteiger partial charge in [0.25, 0.3) is 0 Å². The second-order valence-corrected chi connectivity index (χ2v) is 4.46. The molecule has 0 aliphatic rings. The minimum absolute atomic E-state index is 0.147. The number of hydrogen-bond donors (Lipinski definition) is 1. The van der Waals surface area contributed by atoms with Crippen molar-refractivity contribution in [2.45, 2.75) is 18.9 Å². The summed E-state index contributed by atoms with van der Waals surface area (Å²) in [6, 6.07) is 8.80. The summed E-state index contributed by atoms with van der Waals surface area (Å²) in [5, 5.41) is 0. The molecule has 0 saturated heterocycles. The lowest BCUT2D eigenvalue weighted by molar-refractivity contribution is 0.383. The summed E-state index contributed by atoms with van der Waals surface area (Å²) >= 11 is 0. The first kappa shape index (κ1) is 13.5. The van der Waals surface area contributed by atoms with Gasteiger partial charge in [0.1, 0.15) is 0 Å². The second kappa shape index (κ2) is 6.29. The van der Waals surface area contributed by atoms with E-state index in [0.29, 0.717) is 18.4 Å². The maximum Gasteiger partial charge on any atom is 0.168 e. The van der Waals surface area contributed by atoms with E-state index in [1.54, 1.807) is 30.6 Å². The minimum Gasteiger partial charge on any atom is -0.494 e. The Morgan fingerprint density at radius 3 is 2.79 bits per heavy atom. The lowest BCUT2D eigenvalue weighted by atomic mass is 10.00. The molecular weight excluding hydrogens is 243 g/mol. The lowest BCUT2D eigenvalue weighted by Gasteiger charge is -2.13. The van der Waals surface area contributed by atoms with Crippen molar-refractivity contribution >= 4 is 0 Å². The largest absolute Gasteiger partial charge is 0.494 e. The Bertz CT molecular complexity index is 531. The molecule has 0 amide bonds. The maximum atomic E-state index is 14.0. The molecule has 0 fully saturated rings. The molecule has 0 bridgehead atoms. The number of nitrogens with zero attached hydrogens (tertiary/aromatic N) is 1. The number of benzene rings is 1. The summed E-state index contributed by atoms with van der Waals surface area (Å²) in [5.41, 5.74) is 7.70. The molecular formula is C15H17FN2O. The number of halogens is 1. The summed E-state index contributed by atoms with van der Waals surface area (Å²) < 4.78 is 18.9. The van der Waals surface area contributed by atoms with Crippen molar-refractivity contribution in [3.05, 3.63) is 59.7 Å². The Kier molecular flexibility index (Phi) is 4.47. The van der Waals surface area contributed by atoms with Crippen LogP contribution in [0.2, 0.25) is 0 Å². The highest BCUT2D eigenvalue weighted by atomic mass is 19.1. The van der Waals surface area contributed by atoms with Crippen LogP contribution in [-0.4, -0.2) is 18.1 Å². The van der Waals surface area contributed by atoms with Crippen LogP contribution in [0.3, 0.4) is 0 Å². The highest BCUT2D eigenvalue weighted by Gasteiger charge is 2.12. The van der Waals surface area contributed by atoms with Gasteiger partial charge in [-0.15, -0.1) is 0 Å². The van der Waals surface area contributed by atoms with Crippen LogP contribution < -0.4 is 10.5 Å². The Labute approximate surface area is 112 Å². The normalized spacial score (nSPS) is 12.2. The van der Waals surface area contributed by atoms with Crippen molar-refractivity contribution in [1.82, 2.24) is 4.98 Å². The molecule has 1 aromatic heterocycles.